The van der Waals surface area contributed by atoms with Crippen molar-refractivity contribution in [1.29, 1.82) is 0 Å². The fourth-order valence-corrected chi connectivity index (χ4v) is 3.24. The largest absolute Gasteiger partial charge is 0.481 e. The molecule has 1 heterocycles. The molecular weight excluding hydrogens is 450 g/mol. The van der Waals surface area contributed by atoms with E-state index in [2.05, 4.69) is 5.32 Å². The van der Waals surface area contributed by atoms with Gasteiger partial charge in [-0.3, -0.25) is 9.59 Å². The molecule has 0 aliphatic carbocycles. The molecule has 1 rings (SSSR count). The molecule has 1 saturated heterocycles. The Labute approximate surface area is 190 Å². The Hall–Kier alpha value is -1.46. The van der Waals surface area contributed by atoms with Crippen LogP contribution in [0.15, 0.2) is 0 Å². The van der Waals surface area contributed by atoms with E-state index in [1.165, 1.54) is 0 Å². The lowest BCUT2D eigenvalue weighted by molar-refractivity contribution is -0.326. The summed E-state index contributed by atoms with van der Waals surface area (Å²) < 4.78 is 10.3. The number of carboxylic acid groups (broad SMARTS) is 1. The number of carboxylic acids is 1. The van der Waals surface area contributed by atoms with E-state index < -0.39 is 80.2 Å². The maximum atomic E-state index is 12.1. The van der Waals surface area contributed by atoms with Gasteiger partial charge in [-0.2, -0.15) is 0 Å². The fraction of sp³-hybridized carbons (Fsp3) is 0.895. The van der Waals surface area contributed by atoms with Crippen LogP contribution in [0, 0.1) is 0 Å². The predicted octanol–water partition coefficient (Wildman–Crippen LogP) is -4.60. The summed E-state index contributed by atoms with van der Waals surface area (Å²) in [5, 5.41) is 89.6. The van der Waals surface area contributed by atoms with Crippen molar-refractivity contribution in [2.24, 2.45) is 0 Å². The molecule has 9 atom stereocenters. The van der Waals surface area contributed by atoms with Gasteiger partial charge in [0.1, 0.15) is 42.7 Å². The van der Waals surface area contributed by atoms with Gasteiger partial charge >= 0.3 is 5.97 Å². The summed E-state index contributed by atoms with van der Waals surface area (Å²) >= 11 is 0. The molecule has 0 bridgehead atoms. The smallest absolute Gasteiger partial charge is 0.303 e. The average molecular weight is 485 g/mol. The molecule has 0 aromatic rings. The first-order chi connectivity index (χ1) is 15.5. The van der Waals surface area contributed by atoms with Crippen LogP contribution in [0.25, 0.3) is 0 Å². The Morgan fingerprint density at radius 2 is 1.58 bits per heavy atom. The second-order valence-electron chi connectivity index (χ2n) is 7.83. The zero-order valence-corrected chi connectivity index (χ0v) is 18.0. The molecule has 0 aromatic heterocycles. The molecule has 0 saturated carbocycles. The maximum Gasteiger partial charge on any atom is 0.303 e. The molecule has 10 N–H and O–H groups in total. The minimum atomic E-state index is -2.12. The quantitative estimate of drug-likeness (QED) is 0.0982. The Kier molecular flexibility index (Phi) is 13.2. The molecule has 0 unspecified atom stereocenters. The van der Waals surface area contributed by atoms with Crippen molar-refractivity contribution >= 4 is 11.9 Å². The number of unbranched alkanes of at least 4 members (excludes halogenated alkanes) is 3. The number of hydrogen-bond acceptors (Lipinski definition) is 12. The molecule has 14 nitrogen and oxygen atoms in total. The van der Waals surface area contributed by atoms with Crippen molar-refractivity contribution in [3.8, 4) is 0 Å². The van der Waals surface area contributed by atoms with Crippen LogP contribution in [0.1, 0.15) is 32.1 Å². The Bertz CT molecular complexity index is 592. The highest BCUT2D eigenvalue weighted by atomic mass is 16.7. The van der Waals surface area contributed by atoms with E-state index in [1.54, 1.807) is 0 Å². The van der Waals surface area contributed by atoms with E-state index in [-0.39, 0.29) is 13.0 Å². The lowest BCUT2D eigenvalue weighted by Gasteiger charge is -2.42. The van der Waals surface area contributed by atoms with Gasteiger partial charge in [-0.1, -0.05) is 12.8 Å². The van der Waals surface area contributed by atoms with Crippen molar-refractivity contribution in [3.63, 3.8) is 0 Å². The van der Waals surface area contributed by atoms with Crippen LogP contribution >= 0.6 is 0 Å². The summed E-state index contributed by atoms with van der Waals surface area (Å²) in [5.41, 5.74) is 0. The van der Waals surface area contributed by atoms with Gasteiger partial charge in [0, 0.05) is 13.0 Å². The first kappa shape index (κ1) is 29.6. The number of aliphatic carboxylic acids is 1. The SMILES string of the molecule is O=C(O)CCCCCCNC(=O)[C@H](O)[C@@H](O)[C@H](O[C@@H]1O[C@H](CO)[C@H](O)[C@H](O)[C@H]1O)[C@H](O)CO. The van der Waals surface area contributed by atoms with Crippen molar-refractivity contribution in [2.75, 3.05) is 19.8 Å². The molecule has 1 amide bonds. The van der Waals surface area contributed by atoms with E-state index in [1.807, 2.05) is 0 Å². The minimum Gasteiger partial charge on any atom is -0.481 e. The molecule has 14 heteroatoms. The van der Waals surface area contributed by atoms with E-state index in [9.17, 15) is 50.4 Å². The average Bonchev–Trinajstić information content (AvgIpc) is 2.79. The number of rotatable bonds is 15. The molecule has 194 valence electrons. The van der Waals surface area contributed by atoms with Crippen molar-refractivity contribution < 1.29 is 65.0 Å². The van der Waals surface area contributed by atoms with Gasteiger partial charge in [-0.25, -0.2) is 0 Å². The summed E-state index contributed by atoms with van der Waals surface area (Å²) in [7, 11) is 0. The summed E-state index contributed by atoms with van der Waals surface area (Å²) in [6.07, 6.45) is -14.2. The normalized spacial score (nSPS) is 29.2. The van der Waals surface area contributed by atoms with Crippen LogP contribution in [0.5, 0.6) is 0 Å². The standard InChI is InChI=1S/C19H35NO13/c21-7-9(23)17(33-19-16(30)13(27)12(26)10(8-22)32-19)14(28)15(29)18(31)20-6-4-2-1-3-5-11(24)25/h9-10,12-17,19,21-23,26-30H,1-8H2,(H,20,31)(H,24,25)/t9-,10-,12+,13+,14-,15-,16-,17-,19+/m1/s1. The van der Waals surface area contributed by atoms with E-state index in [4.69, 9.17) is 14.6 Å². The van der Waals surface area contributed by atoms with Gasteiger partial charge in [-0.05, 0) is 12.8 Å². The van der Waals surface area contributed by atoms with Crippen LogP contribution in [0.3, 0.4) is 0 Å². The molecule has 0 radical (unpaired) electrons. The number of amides is 1. The minimum absolute atomic E-state index is 0.0419. The molecular formula is C19H35NO13. The Balaban J connectivity index is 2.66. The first-order valence-electron chi connectivity index (χ1n) is 10.7. The summed E-state index contributed by atoms with van der Waals surface area (Å²) in [5.74, 6) is -1.91. The molecule has 0 aromatic carbocycles. The highest BCUT2D eigenvalue weighted by molar-refractivity contribution is 5.81. The van der Waals surface area contributed by atoms with Crippen LogP contribution in [-0.2, 0) is 19.1 Å². The van der Waals surface area contributed by atoms with Gasteiger partial charge in [0.15, 0.2) is 12.4 Å². The number of hydrogen-bond donors (Lipinski definition) is 10. The van der Waals surface area contributed by atoms with Gasteiger partial charge in [0.05, 0.1) is 13.2 Å². The fourth-order valence-electron chi connectivity index (χ4n) is 3.24. The highest BCUT2D eigenvalue weighted by Gasteiger charge is 2.47. The molecule has 0 spiro atoms. The Morgan fingerprint density at radius 3 is 2.15 bits per heavy atom. The molecule has 1 fully saturated rings. The number of carbonyl (C=O) groups is 2. The zero-order valence-electron chi connectivity index (χ0n) is 18.0. The van der Waals surface area contributed by atoms with Crippen LogP contribution in [-0.4, -0.2) is 133 Å². The van der Waals surface area contributed by atoms with Crippen LogP contribution in [0.4, 0.5) is 0 Å². The van der Waals surface area contributed by atoms with E-state index in [0.717, 1.165) is 0 Å². The van der Waals surface area contributed by atoms with E-state index in [0.29, 0.717) is 25.7 Å². The van der Waals surface area contributed by atoms with Crippen LogP contribution in [0.2, 0.25) is 0 Å². The number of aliphatic hydroxyl groups excluding tert-OH is 8. The first-order valence-corrected chi connectivity index (χ1v) is 10.7. The second kappa shape index (κ2) is 14.7. The third kappa shape index (κ3) is 9.01. The second-order valence-corrected chi connectivity index (χ2v) is 7.83. The van der Waals surface area contributed by atoms with Crippen molar-refractivity contribution in [2.45, 2.75) is 87.2 Å². The third-order valence-corrected chi connectivity index (χ3v) is 5.25. The van der Waals surface area contributed by atoms with E-state index >= 15 is 0 Å². The van der Waals surface area contributed by atoms with Crippen LogP contribution < -0.4 is 5.32 Å². The third-order valence-electron chi connectivity index (χ3n) is 5.25. The lowest BCUT2D eigenvalue weighted by Crippen LogP contribution is -2.62. The summed E-state index contributed by atoms with van der Waals surface area (Å²) in [6.45, 7) is -1.61. The number of aliphatic hydroxyl groups is 8. The Morgan fingerprint density at radius 1 is 0.939 bits per heavy atom. The number of carbonyl (C=O) groups excluding carboxylic acids is 1. The van der Waals surface area contributed by atoms with Crippen molar-refractivity contribution in [1.82, 2.24) is 5.32 Å². The zero-order chi connectivity index (χ0) is 25.1. The molecule has 1 aliphatic heterocycles. The van der Waals surface area contributed by atoms with Crippen molar-refractivity contribution in [3.05, 3.63) is 0 Å². The lowest BCUT2D eigenvalue weighted by atomic mass is 9.98. The molecule has 33 heavy (non-hydrogen) atoms. The number of nitrogens with one attached hydrogen (secondary N) is 1. The maximum absolute atomic E-state index is 12.1. The van der Waals surface area contributed by atoms with Gasteiger partial charge in [0.25, 0.3) is 5.91 Å². The highest BCUT2D eigenvalue weighted by Crippen LogP contribution is 2.25. The van der Waals surface area contributed by atoms with Gasteiger partial charge in [-0.15, -0.1) is 0 Å². The monoisotopic (exact) mass is 485 g/mol. The van der Waals surface area contributed by atoms with Gasteiger partial charge < -0.3 is 60.7 Å². The van der Waals surface area contributed by atoms with Gasteiger partial charge in [0.2, 0.25) is 0 Å². The summed E-state index contributed by atoms with van der Waals surface area (Å²) in [4.78, 5) is 22.6. The summed E-state index contributed by atoms with van der Waals surface area (Å²) in [6, 6.07) is 0. The topological polar surface area (TPSA) is 247 Å². The number of ether oxygens (including phenoxy) is 2. The predicted molar refractivity (Wildman–Crippen MR) is 107 cm³/mol. The molecule has 1 aliphatic rings.